The fourth-order valence-corrected chi connectivity index (χ4v) is 6.32. The lowest BCUT2D eigenvalue weighted by molar-refractivity contribution is -0.154. The molecule has 48 heavy (non-hydrogen) atoms. The summed E-state index contributed by atoms with van der Waals surface area (Å²) in [6.45, 7) is 3.90. The Labute approximate surface area is 293 Å². The third-order valence-corrected chi connectivity index (χ3v) is 9.59. The summed E-state index contributed by atoms with van der Waals surface area (Å²) < 4.78 is 33.2. The van der Waals surface area contributed by atoms with Gasteiger partial charge in [-0.2, -0.15) is 0 Å². The number of aliphatic carboxylic acids is 1. The minimum Gasteiger partial charge on any atom is -0.480 e. The van der Waals surface area contributed by atoms with Crippen molar-refractivity contribution in [2.75, 3.05) is 26.4 Å². The predicted molar refractivity (Wildman–Crippen MR) is 194 cm³/mol. The van der Waals surface area contributed by atoms with Gasteiger partial charge in [0.15, 0.2) is 0 Å². The van der Waals surface area contributed by atoms with Crippen LogP contribution in [0, 0.1) is 0 Å². The van der Waals surface area contributed by atoms with Crippen LogP contribution >= 0.6 is 7.82 Å². The van der Waals surface area contributed by atoms with E-state index >= 15 is 0 Å². The third kappa shape index (κ3) is 33.5. The Bertz CT molecular complexity index is 786. The summed E-state index contributed by atoms with van der Waals surface area (Å²) >= 11 is 0. The summed E-state index contributed by atoms with van der Waals surface area (Å²) in [5.74, 6) is -1.77. The van der Waals surface area contributed by atoms with Crippen molar-refractivity contribution < 1.29 is 42.7 Å². The van der Waals surface area contributed by atoms with Crippen LogP contribution in [-0.4, -0.2) is 60.5 Å². The van der Waals surface area contributed by atoms with Gasteiger partial charge in [-0.15, -0.1) is 0 Å². The maximum atomic E-state index is 12.6. The number of unbranched alkanes of at least 4 members (excludes halogenated alkanes) is 24. The lowest BCUT2D eigenvalue weighted by atomic mass is 10.0. The van der Waals surface area contributed by atoms with Gasteiger partial charge in [-0.3, -0.25) is 18.6 Å². The molecule has 0 spiro atoms. The molecule has 0 amide bonds. The van der Waals surface area contributed by atoms with E-state index in [1.165, 1.54) is 128 Å². The van der Waals surface area contributed by atoms with E-state index in [1.54, 1.807) is 0 Å². The Morgan fingerprint density at radius 3 is 1.38 bits per heavy atom. The second-order valence-electron chi connectivity index (χ2n) is 13.4. The minimum absolute atomic E-state index is 0.0250. The molecule has 0 saturated heterocycles. The first-order valence-corrected chi connectivity index (χ1v) is 21.1. The highest BCUT2D eigenvalue weighted by molar-refractivity contribution is 7.47. The molecule has 0 aliphatic rings. The van der Waals surface area contributed by atoms with Gasteiger partial charge in [0, 0.05) is 13.0 Å². The molecule has 1 unspecified atom stereocenters. The van der Waals surface area contributed by atoms with Gasteiger partial charge < -0.3 is 25.2 Å². The number of carboxylic acid groups (broad SMARTS) is 1. The topological polar surface area (TPSA) is 155 Å². The zero-order valence-electron chi connectivity index (χ0n) is 30.9. The molecule has 10 nitrogen and oxygen atoms in total. The SMILES string of the molecule is CCCCCCCCCCCCCCCCC(=O)O[C@H](COCCCCCCCCCCCCCC)COP(=O)(O)OC[C@H](N)C(=O)O. The van der Waals surface area contributed by atoms with Gasteiger partial charge in [-0.25, -0.2) is 4.57 Å². The Morgan fingerprint density at radius 1 is 0.583 bits per heavy atom. The first-order chi connectivity index (χ1) is 23.2. The zero-order valence-corrected chi connectivity index (χ0v) is 31.7. The third-order valence-electron chi connectivity index (χ3n) is 8.64. The molecule has 0 rings (SSSR count). The van der Waals surface area contributed by atoms with Gasteiger partial charge in [-0.1, -0.05) is 168 Å². The summed E-state index contributed by atoms with van der Waals surface area (Å²) in [5, 5.41) is 8.86. The molecule has 0 aliphatic heterocycles. The molecule has 0 aromatic rings. The minimum atomic E-state index is -4.60. The summed E-state index contributed by atoms with van der Waals surface area (Å²) in [6.07, 6.45) is 31.5. The fraction of sp³-hybridized carbons (Fsp3) is 0.946. The lowest BCUT2D eigenvalue weighted by Crippen LogP contribution is -2.34. The van der Waals surface area contributed by atoms with Gasteiger partial charge in [0.05, 0.1) is 19.8 Å². The highest BCUT2D eigenvalue weighted by Gasteiger charge is 2.27. The van der Waals surface area contributed by atoms with Gasteiger partial charge in [0.25, 0.3) is 0 Å². The molecule has 0 fully saturated rings. The van der Waals surface area contributed by atoms with Crippen molar-refractivity contribution in [3.8, 4) is 0 Å². The smallest absolute Gasteiger partial charge is 0.472 e. The average Bonchev–Trinajstić information content (AvgIpc) is 3.06. The van der Waals surface area contributed by atoms with E-state index in [9.17, 15) is 19.0 Å². The zero-order chi connectivity index (χ0) is 35.6. The number of rotatable bonds is 38. The van der Waals surface area contributed by atoms with Crippen LogP contribution in [0.5, 0.6) is 0 Å². The molecule has 4 N–H and O–H groups in total. The molecular formula is C37H74NO9P. The van der Waals surface area contributed by atoms with Crippen molar-refractivity contribution in [2.24, 2.45) is 5.73 Å². The van der Waals surface area contributed by atoms with Crippen LogP contribution in [0.1, 0.15) is 187 Å². The number of hydrogen-bond donors (Lipinski definition) is 3. The number of phosphoric ester groups is 1. The molecule has 0 aromatic carbocycles. The molecule has 0 saturated carbocycles. The lowest BCUT2D eigenvalue weighted by Gasteiger charge is -2.20. The number of carbonyl (C=O) groups is 2. The second kappa shape index (κ2) is 34.4. The maximum Gasteiger partial charge on any atom is 0.472 e. The Morgan fingerprint density at radius 2 is 0.958 bits per heavy atom. The van der Waals surface area contributed by atoms with E-state index in [1.807, 2.05) is 0 Å². The van der Waals surface area contributed by atoms with Crippen molar-refractivity contribution >= 4 is 19.8 Å². The molecule has 11 heteroatoms. The molecule has 3 atom stereocenters. The van der Waals surface area contributed by atoms with Crippen molar-refractivity contribution in [3.63, 3.8) is 0 Å². The first-order valence-electron chi connectivity index (χ1n) is 19.6. The highest BCUT2D eigenvalue weighted by Crippen LogP contribution is 2.43. The Hall–Kier alpha value is -1.03. The van der Waals surface area contributed by atoms with Gasteiger partial charge >= 0.3 is 19.8 Å². The number of phosphoric acid groups is 1. The quantitative estimate of drug-likeness (QED) is 0.0321. The van der Waals surface area contributed by atoms with Crippen molar-refractivity contribution in [1.29, 1.82) is 0 Å². The van der Waals surface area contributed by atoms with E-state index in [-0.39, 0.29) is 13.0 Å². The van der Waals surface area contributed by atoms with Gasteiger partial charge in [0.2, 0.25) is 0 Å². The maximum absolute atomic E-state index is 12.6. The number of carboxylic acids is 1. The van der Waals surface area contributed by atoms with Crippen LogP contribution in [-0.2, 0) is 32.7 Å². The summed E-state index contributed by atoms with van der Waals surface area (Å²) in [7, 11) is -4.60. The number of esters is 1. The second-order valence-corrected chi connectivity index (χ2v) is 14.9. The van der Waals surface area contributed by atoms with Crippen LogP contribution in [0.2, 0.25) is 0 Å². The predicted octanol–water partition coefficient (Wildman–Crippen LogP) is 10.0. The molecule has 286 valence electrons. The summed E-state index contributed by atoms with van der Waals surface area (Å²) in [6, 6.07) is -1.47. The number of hydrogen-bond acceptors (Lipinski definition) is 8. The Kier molecular flexibility index (Phi) is 33.7. The monoisotopic (exact) mass is 708 g/mol. The summed E-state index contributed by atoms with van der Waals surface area (Å²) in [5.41, 5.74) is 5.34. The molecule has 0 bridgehead atoms. The van der Waals surface area contributed by atoms with E-state index in [0.29, 0.717) is 6.61 Å². The van der Waals surface area contributed by atoms with Crippen LogP contribution in [0.4, 0.5) is 0 Å². The standard InChI is InChI=1S/C37H74NO9P/c1-3-5-7-9-11-13-15-17-18-19-21-23-25-27-29-36(39)47-34(32-45-48(42,43)46-33-35(38)37(40)41)31-44-30-28-26-24-22-20-16-14-12-10-8-6-4-2/h34-35H,3-33,38H2,1-2H3,(H,40,41)(H,42,43)/t34-,35+/m1/s1. The number of carbonyl (C=O) groups excluding carboxylic acids is 1. The number of nitrogens with two attached hydrogens (primary N) is 1. The van der Waals surface area contributed by atoms with E-state index in [2.05, 4.69) is 13.8 Å². The van der Waals surface area contributed by atoms with Crippen molar-refractivity contribution in [1.82, 2.24) is 0 Å². The van der Waals surface area contributed by atoms with Crippen LogP contribution in [0.15, 0.2) is 0 Å². The van der Waals surface area contributed by atoms with Gasteiger partial charge in [-0.05, 0) is 12.8 Å². The fourth-order valence-electron chi connectivity index (χ4n) is 5.55. The van der Waals surface area contributed by atoms with Crippen molar-refractivity contribution in [3.05, 3.63) is 0 Å². The molecular weight excluding hydrogens is 633 g/mol. The molecule has 0 heterocycles. The van der Waals surface area contributed by atoms with Crippen LogP contribution < -0.4 is 5.73 Å². The van der Waals surface area contributed by atoms with E-state index in [0.717, 1.165) is 38.5 Å². The van der Waals surface area contributed by atoms with E-state index in [4.69, 9.17) is 29.4 Å². The van der Waals surface area contributed by atoms with Crippen molar-refractivity contribution in [2.45, 2.75) is 199 Å². The summed E-state index contributed by atoms with van der Waals surface area (Å²) in [4.78, 5) is 33.4. The largest absolute Gasteiger partial charge is 0.480 e. The number of ether oxygens (including phenoxy) is 2. The van der Waals surface area contributed by atoms with Crippen LogP contribution in [0.25, 0.3) is 0 Å². The Balaban J connectivity index is 4.26. The highest BCUT2D eigenvalue weighted by atomic mass is 31.2. The van der Waals surface area contributed by atoms with Crippen LogP contribution in [0.3, 0.4) is 0 Å². The van der Waals surface area contributed by atoms with Gasteiger partial charge in [0.1, 0.15) is 12.1 Å². The first kappa shape index (κ1) is 47.0. The molecule has 0 aliphatic carbocycles. The normalized spacial score (nSPS) is 14.1. The average molecular weight is 708 g/mol. The molecule has 0 aromatic heterocycles. The molecule has 0 radical (unpaired) electrons. The van der Waals surface area contributed by atoms with E-state index < -0.39 is 45.1 Å².